The molecule has 44 heavy (non-hydrogen) atoms. The van der Waals surface area contributed by atoms with Gasteiger partial charge in [0.05, 0.1) is 11.1 Å². The lowest BCUT2D eigenvalue weighted by Gasteiger charge is -2.29. The van der Waals surface area contributed by atoms with E-state index >= 15 is 0 Å². The van der Waals surface area contributed by atoms with E-state index in [4.69, 9.17) is 0 Å². The first-order valence-corrected chi connectivity index (χ1v) is 14.7. The molecule has 0 bridgehead atoms. The van der Waals surface area contributed by atoms with E-state index in [1.807, 2.05) is 38.1 Å². The van der Waals surface area contributed by atoms with Gasteiger partial charge < -0.3 is 10.2 Å². The largest absolute Gasteiger partial charge is 0.329 e. The molecule has 232 valence electrons. The average Bonchev–Trinajstić information content (AvgIpc) is 3.42. The molecule has 10 heteroatoms. The van der Waals surface area contributed by atoms with Gasteiger partial charge in [-0.05, 0) is 59.9 Å². The minimum absolute atomic E-state index is 0. The van der Waals surface area contributed by atoms with Crippen LogP contribution in [0.2, 0.25) is 0 Å². The Kier molecular flexibility index (Phi) is 9.22. The summed E-state index contributed by atoms with van der Waals surface area (Å²) < 4.78 is 0. The highest BCUT2D eigenvalue weighted by Gasteiger charge is 2.45. The van der Waals surface area contributed by atoms with Crippen LogP contribution in [0.5, 0.6) is 0 Å². The molecule has 0 aliphatic carbocycles. The molecule has 4 aliphatic rings. The molecule has 4 heterocycles. The zero-order valence-electron chi connectivity index (χ0n) is 24.9. The van der Waals surface area contributed by atoms with Crippen molar-refractivity contribution in [1.29, 1.82) is 0 Å². The van der Waals surface area contributed by atoms with E-state index in [0.29, 0.717) is 54.1 Å². The number of amides is 6. The number of rotatable bonds is 4. The van der Waals surface area contributed by atoms with Crippen molar-refractivity contribution in [2.24, 2.45) is 0 Å². The lowest BCUT2D eigenvalue weighted by molar-refractivity contribution is -0.137. The number of fused-ring (bicyclic) bond motifs is 2. The Morgan fingerprint density at radius 2 is 1.32 bits per heavy atom. The molecule has 6 rings (SSSR count). The first-order chi connectivity index (χ1) is 20.4. The molecule has 2 unspecified atom stereocenters. The summed E-state index contributed by atoms with van der Waals surface area (Å²) >= 11 is 0. The van der Waals surface area contributed by atoms with Gasteiger partial charge in [-0.15, -0.1) is 0 Å². The summed E-state index contributed by atoms with van der Waals surface area (Å²) in [4.78, 5) is 76.0. The minimum atomic E-state index is -0.752. The fourth-order valence-electron chi connectivity index (χ4n) is 6.25. The van der Waals surface area contributed by atoms with Gasteiger partial charge in [0, 0.05) is 24.2 Å². The molecule has 10 nitrogen and oxygen atoms in total. The van der Waals surface area contributed by atoms with Crippen LogP contribution < -0.4 is 10.6 Å². The van der Waals surface area contributed by atoms with Crippen LogP contribution in [0.25, 0.3) is 0 Å². The van der Waals surface area contributed by atoms with Crippen molar-refractivity contribution in [2.45, 2.75) is 91.3 Å². The molecule has 2 fully saturated rings. The summed E-state index contributed by atoms with van der Waals surface area (Å²) in [5.41, 5.74) is 5.16. The van der Waals surface area contributed by atoms with E-state index in [0.717, 1.165) is 21.6 Å². The third-order valence-electron chi connectivity index (χ3n) is 8.47. The second-order valence-corrected chi connectivity index (χ2v) is 12.0. The van der Waals surface area contributed by atoms with Crippen LogP contribution in [-0.4, -0.2) is 57.3 Å². The fourth-order valence-corrected chi connectivity index (χ4v) is 6.25. The summed E-state index contributed by atoms with van der Waals surface area (Å²) in [5.74, 6) is -1.35. The number of hydrogen-bond donors (Lipinski definition) is 2. The molecule has 2 saturated heterocycles. The van der Waals surface area contributed by atoms with Crippen LogP contribution in [0.1, 0.15) is 120 Å². The second kappa shape index (κ2) is 12.6. The molecule has 4 aliphatic heterocycles. The van der Waals surface area contributed by atoms with Crippen molar-refractivity contribution < 1.29 is 28.8 Å². The van der Waals surface area contributed by atoms with E-state index in [-0.39, 0.29) is 55.2 Å². The number of benzene rings is 2. The highest BCUT2D eigenvalue weighted by molar-refractivity contribution is 6.23. The third-order valence-corrected chi connectivity index (χ3v) is 8.47. The Morgan fingerprint density at radius 3 is 1.93 bits per heavy atom. The van der Waals surface area contributed by atoms with Gasteiger partial charge in [0.25, 0.3) is 17.7 Å². The molecule has 0 saturated carbocycles. The quantitative estimate of drug-likeness (QED) is 0.500. The first-order valence-electron chi connectivity index (χ1n) is 14.7. The van der Waals surface area contributed by atoms with Gasteiger partial charge in [0.1, 0.15) is 12.1 Å². The first kappa shape index (κ1) is 32.3. The zero-order valence-corrected chi connectivity index (χ0v) is 24.9. The zero-order chi connectivity index (χ0) is 31.2. The van der Waals surface area contributed by atoms with Gasteiger partial charge >= 0.3 is 0 Å². The summed E-state index contributed by atoms with van der Waals surface area (Å²) in [7, 11) is 0. The highest BCUT2D eigenvalue weighted by Crippen LogP contribution is 2.34. The smallest absolute Gasteiger partial charge is 0.262 e. The van der Waals surface area contributed by atoms with Gasteiger partial charge in [0.2, 0.25) is 17.7 Å². The number of piperidine rings is 2. The molecular formula is C34H40N4O6. The SMILES string of the molecule is C.C=C1CCC(N2C(=O)c3cccc(C(C)C)c3C2=O)C(=O)N1.CC(C)c1cccc2c1CN(C1CCC(=O)NC1=O)C2=O. The van der Waals surface area contributed by atoms with Crippen LogP contribution in [0.15, 0.2) is 48.7 Å². The van der Waals surface area contributed by atoms with Crippen LogP contribution in [0, 0.1) is 0 Å². The van der Waals surface area contributed by atoms with Gasteiger partial charge in [-0.25, -0.2) is 0 Å². The average molecular weight is 601 g/mol. The summed E-state index contributed by atoms with van der Waals surface area (Å²) in [6, 6.07) is 9.74. The van der Waals surface area contributed by atoms with Gasteiger partial charge in [-0.2, -0.15) is 0 Å². The standard InChI is InChI=1S/C17H18N2O3.C16H18N2O3.CH4/c1-9(2)11-5-4-6-12-14(11)17(22)19(16(12)21)13-8-7-10(3)18-15(13)20;1-9(2)10-4-3-5-11-12(10)8-18(16(11)21)13-6-7-14(19)17-15(13)20;/h4-6,9,13H,3,7-8H2,1-2H3,(H,18,20);3-5,9,13H,6-8H2,1-2H3,(H,17,19,20);1H4. The Balaban J connectivity index is 0.000000197. The van der Waals surface area contributed by atoms with Crippen LogP contribution >= 0.6 is 0 Å². The lowest BCUT2D eigenvalue weighted by Crippen LogP contribution is -2.52. The van der Waals surface area contributed by atoms with Crippen molar-refractivity contribution in [3.63, 3.8) is 0 Å². The third kappa shape index (κ3) is 5.68. The summed E-state index contributed by atoms with van der Waals surface area (Å²) in [6.45, 7) is 12.3. The molecule has 0 aromatic heterocycles. The van der Waals surface area contributed by atoms with E-state index in [1.165, 1.54) is 0 Å². The Hall–Kier alpha value is -4.60. The van der Waals surface area contributed by atoms with E-state index in [2.05, 4.69) is 31.1 Å². The molecule has 2 aromatic carbocycles. The van der Waals surface area contributed by atoms with Gasteiger partial charge in [0.15, 0.2) is 0 Å². The number of nitrogens with zero attached hydrogens (tertiary/aromatic N) is 2. The van der Waals surface area contributed by atoms with Gasteiger partial charge in [-0.1, -0.05) is 66.0 Å². The van der Waals surface area contributed by atoms with Crippen LogP contribution in [0.4, 0.5) is 0 Å². The van der Waals surface area contributed by atoms with Crippen molar-refractivity contribution in [3.05, 3.63) is 82.1 Å². The number of carbonyl (C=O) groups is 6. The summed E-state index contributed by atoms with van der Waals surface area (Å²) in [5, 5.41) is 4.95. The fraction of sp³-hybridized carbons (Fsp3) is 0.412. The van der Waals surface area contributed by atoms with Gasteiger partial charge in [-0.3, -0.25) is 39.0 Å². The number of nitrogens with one attached hydrogen (secondary N) is 2. The molecule has 2 N–H and O–H groups in total. The maximum Gasteiger partial charge on any atom is 0.262 e. The predicted molar refractivity (Wildman–Crippen MR) is 165 cm³/mol. The topological polar surface area (TPSA) is 133 Å². The number of allylic oxidation sites excluding steroid dienone is 1. The molecule has 0 spiro atoms. The Bertz CT molecular complexity index is 1580. The monoisotopic (exact) mass is 600 g/mol. The van der Waals surface area contributed by atoms with E-state index in [1.54, 1.807) is 17.0 Å². The number of imide groups is 2. The minimum Gasteiger partial charge on any atom is -0.329 e. The van der Waals surface area contributed by atoms with Crippen molar-refractivity contribution in [3.8, 4) is 0 Å². The number of carbonyl (C=O) groups excluding carboxylic acids is 6. The number of hydrogen-bond acceptors (Lipinski definition) is 6. The molecule has 2 aromatic rings. The molecule has 6 amide bonds. The van der Waals surface area contributed by atoms with Crippen LogP contribution in [0.3, 0.4) is 0 Å². The summed E-state index contributed by atoms with van der Waals surface area (Å²) in [6.07, 6.45) is 1.68. The van der Waals surface area contributed by atoms with Crippen LogP contribution in [-0.2, 0) is 20.9 Å². The van der Waals surface area contributed by atoms with Crippen molar-refractivity contribution >= 4 is 35.4 Å². The maximum absolute atomic E-state index is 12.8. The second-order valence-electron chi connectivity index (χ2n) is 12.0. The highest BCUT2D eigenvalue weighted by atomic mass is 16.2. The Morgan fingerprint density at radius 1 is 0.727 bits per heavy atom. The van der Waals surface area contributed by atoms with E-state index in [9.17, 15) is 28.8 Å². The predicted octanol–water partition coefficient (Wildman–Crippen LogP) is 4.41. The molecule has 0 radical (unpaired) electrons. The van der Waals surface area contributed by atoms with Crippen molar-refractivity contribution in [2.75, 3.05) is 0 Å². The maximum atomic E-state index is 12.8. The molecule has 2 atom stereocenters. The molecular weight excluding hydrogens is 560 g/mol. The Labute approximate surface area is 257 Å². The lowest BCUT2D eigenvalue weighted by atomic mass is 9.94. The van der Waals surface area contributed by atoms with E-state index < -0.39 is 12.1 Å². The van der Waals surface area contributed by atoms with Crippen molar-refractivity contribution in [1.82, 2.24) is 20.4 Å². The normalized spacial score (nSPS) is 21.1.